The van der Waals surface area contributed by atoms with Crippen molar-refractivity contribution in [3.05, 3.63) is 59.9 Å². The minimum absolute atomic E-state index is 0.0209. The third-order valence-corrected chi connectivity index (χ3v) is 4.05. The quantitative estimate of drug-likeness (QED) is 0.821. The fourth-order valence-corrected chi connectivity index (χ4v) is 2.77. The number of para-hydroxylation sites is 1. The van der Waals surface area contributed by atoms with Crippen molar-refractivity contribution in [2.24, 2.45) is 0 Å². The summed E-state index contributed by atoms with van der Waals surface area (Å²) in [6.07, 6.45) is -4.52. The Kier molecular flexibility index (Phi) is 5.02. The van der Waals surface area contributed by atoms with Crippen LogP contribution in [0.1, 0.15) is 5.56 Å². The van der Waals surface area contributed by atoms with Crippen LogP contribution in [0, 0.1) is 5.82 Å². The van der Waals surface area contributed by atoms with Crippen LogP contribution in [0.2, 0.25) is 0 Å². The molecule has 0 bridgehead atoms. The van der Waals surface area contributed by atoms with Crippen LogP contribution < -0.4 is 10.2 Å². The summed E-state index contributed by atoms with van der Waals surface area (Å²) in [6, 6.07) is 9.45. The summed E-state index contributed by atoms with van der Waals surface area (Å²) in [5, 5.41) is 2.34. The number of carbonyl (C=O) groups excluding carboxylic acids is 2. The molecule has 9 heteroatoms. The predicted octanol–water partition coefficient (Wildman–Crippen LogP) is 3.73. The average Bonchev–Trinajstić information content (AvgIpc) is 2.95. The zero-order valence-corrected chi connectivity index (χ0v) is 14.0. The van der Waals surface area contributed by atoms with Crippen LogP contribution in [0.25, 0.3) is 0 Å². The predicted molar refractivity (Wildman–Crippen MR) is 90.8 cm³/mol. The summed E-state index contributed by atoms with van der Waals surface area (Å²) in [4.78, 5) is 26.9. The number of carbonyl (C=O) groups is 2. The number of alkyl halides is 3. The number of hydrogen-bond acceptors (Lipinski definition) is 2. The monoisotopic (exact) mass is 381 g/mol. The first-order valence-electron chi connectivity index (χ1n) is 8.04. The molecule has 0 aromatic heterocycles. The summed E-state index contributed by atoms with van der Waals surface area (Å²) in [5.41, 5.74) is -0.793. The van der Waals surface area contributed by atoms with E-state index >= 15 is 0 Å². The average molecular weight is 381 g/mol. The number of hydrogen-bond donors (Lipinski definition) is 1. The molecule has 2 aromatic rings. The molecule has 3 rings (SSSR count). The highest BCUT2D eigenvalue weighted by molar-refractivity contribution is 5.99. The highest BCUT2D eigenvalue weighted by Crippen LogP contribution is 2.30. The number of benzene rings is 2. The Morgan fingerprint density at radius 1 is 1.07 bits per heavy atom. The van der Waals surface area contributed by atoms with Crippen LogP contribution in [0.5, 0.6) is 0 Å². The molecule has 5 nitrogen and oxygen atoms in total. The first-order chi connectivity index (χ1) is 12.8. The van der Waals surface area contributed by atoms with Gasteiger partial charge in [0.25, 0.3) is 0 Å². The number of urea groups is 1. The smallest absolute Gasteiger partial charge is 0.325 e. The topological polar surface area (TPSA) is 52.7 Å². The largest absolute Gasteiger partial charge is 0.416 e. The minimum atomic E-state index is -4.52. The van der Waals surface area contributed by atoms with Crippen LogP contribution in [-0.4, -0.2) is 36.5 Å². The lowest BCUT2D eigenvalue weighted by molar-refractivity contribution is -0.137. The zero-order chi connectivity index (χ0) is 19.6. The molecule has 0 spiro atoms. The van der Waals surface area contributed by atoms with Crippen LogP contribution in [-0.2, 0) is 11.0 Å². The molecule has 3 amide bonds. The Morgan fingerprint density at radius 3 is 2.52 bits per heavy atom. The van der Waals surface area contributed by atoms with Gasteiger partial charge in [-0.1, -0.05) is 18.2 Å². The molecular weight excluding hydrogens is 366 g/mol. The van der Waals surface area contributed by atoms with E-state index < -0.39 is 29.5 Å². The van der Waals surface area contributed by atoms with Crippen molar-refractivity contribution in [1.29, 1.82) is 0 Å². The van der Waals surface area contributed by atoms with Crippen molar-refractivity contribution in [1.82, 2.24) is 4.90 Å². The molecule has 1 aliphatic rings. The van der Waals surface area contributed by atoms with E-state index in [0.717, 1.165) is 12.1 Å². The molecule has 2 aromatic carbocycles. The summed E-state index contributed by atoms with van der Waals surface area (Å²) in [7, 11) is 0. The van der Waals surface area contributed by atoms with E-state index in [0.29, 0.717) is 0 Å². The molecule has 1 saturated heterocycles. The Morgan fingerprint density at radius 2 is 1.81 bits per heavy atom. The van der Waals surface area contributed by atoms with Crippen LogP contribution in [0.3, 0.4) is 0 Å². The standard InChI is InChI=1S/C18H15F4N3O2/c19-14-6-1-2-7-15(14)25-9-8-24(17(25)27)11-16(26)23-13-5-3-4-12(10-13)18(20,21)22/h1-7,10H,8-9,11H2,(H,23,26). The molecule has 1 N–H and O–H groups in total. The molecule has 1 aliphatic heterocycles. The van der Waals surface area contributed by atoms with Gasteiger partial charge >= 0.3 is 12.2 Å². The van der Waals surface area contributed by atoms with Gasteiger partial charge in [0.05, 0.1) is 11.3 Å². The van der Waals surface area contributed by atoms with Gasteiger partial charge in [0.2, 0.25) is 5.91 Å². The number of nitrogens with zero attached hydrogens (tertiary/aromatic N) is 2. The van der Waals surface area contributed by atoms with Crippen molar-refractivity contribution < 1.29 is 27.2 Å². The molecule has 1 fully saturated rings. The van der Waals surface area contributed by atoms with Crippen LogP contribution in [0.4, 0.5) is 33.7 Å². The van der Waals surface area contributed by atoms with Gasteiger partial charge in [-0.2, -0.15) is 13.2 Å². The van der Waals surface area contributed by atoms with E-state index in [1.807, 2.05) is 0 Å². The van der Waals surface area contributed by atoms with Crippen molar-refractivity contribution in [3.63, 3.8) is 0 Å². The number of halogens is 4. The van der Waals surface area contributed by atoms with E-state index in [4.69, 9.17) is 0 Å². The Balaban J connectivity index is 1.64. The number of rotatable bonds is 4. The highest BCUT2D eigenvalue weighted by Gasteiger charge is 2.33. The number of anilines is 2. The first kappa shape index (κ1) is 18.7. The molecule has 1 heterocycles. The summed E-state index contributed by atoms with van der Waals surface area (Å²) >= 11 is 0. The molecule has 0 aliphatic carbocycles. The second kappa shape index (κ2) is 7.26. The van der Waals surface area contributed by atoms with Gasteiger partial charge in [-0.15, -0.1) is 0 Å². The van der Waals surface area contributed by atoms with E-state index in [1.165, 1.54) is 40.1 Å². The maximum absolute atomic E-state index is 13.8. The van der Waals surface area contributed by atoms with Crippen molar-refractivity contribution in [3.8, 4) is 0 Å². The van der Waals surface area contributed by atoms with Gasteiger partial charge in [-0.3, -0.25) is 9.69 Å². The van der Waals surface area contributed by atoms with E-state index in [1.54, 1.807) is 6.07 Å². The Labute approximate surface area is 152 Å². The molecule has 0 radical (unpaired) electrons. The van der Waals surface area contributed by atoms with Crippen molar-refractivity contribution in [2.45, 2.75) is 6.18 Å². The molecule has 0 saturated carbocycles. The Hall–Kier alpha value is -3.10. The van der Waals surface area contributed by atoms with E-state index in [2.05, 4.69) is 5.32 Å². The number of nitrogens with one attached hydrogen (secondary N) is 1. The normalized spacial score (nSPS) is 14.6. The fourth-order valence-electron chi connectivity index (χ4n) is 2.77. The summed E-state index contributed by atoms with van der Waals surface area (Å²) in [6.45, 7) is 0.0554. The molecule has 142 valence electrons. The van der Waals surface area contributed by atoms with Gasteiger partial charge in [0.1, 0.15) is 12.4 Å². The zero-order valence-electron chi connectivity index (χ0n) is 14.0. The summed E-state index contributed by atoms with van der Waals surface area (Å²) < 4.78 is 52.0. The van der Waals surface area contributed by atoms with Gasteiger partial charge < -0.3 is 10.2 Å². The second-order valence-corrected chi connectivity index (χ2v) is 5.93. The summed E-state index contributed by atoms with van der Waals surface area (Å²) in [5.74, 6) is -1.20. The second-order valence-electron chi connectivity index (χ2n) is 5.93. The highest BCUT2D eigenvalue weighted by atomic mass is 19.4. The van der Waals surface area contributed by atoms with Gasteiger partial charge in [0.15, 0.2) is 0 Å². The molecule has 0 atom stereocenters. The SMILES string of the molecule is O=C(CN1CCN(c2ccccc2F)C1=O)Nc1cccc(C(F)(F)F)c1. The Bertz CT molecular complexity index is 870. The van der Waals surface area contributed by atoms with Gasteiger partial charge in [-0.05, 0) is 30.3 Å². The van der Waals surface area contributed by atoms with Crippen molar-refractivity contribution >= 4 is 23.3 Å². The lowest BCUT2D eigenvalue weighted by Crippen LogP contribution is -2.37. The first-order valence-corrected chi connectivity index (χ1v) is 8.04. The van der Waals surface area contributed by atoms with E-state index in [-0.39, 0.29) is 31.0 Å². The number of amides is 3. The van der Waals surface area contributed by atoms with Crippen molar-refractivity contribution in [2.75, 3.05) is 29.9 Å². The van der Waals surface area contributed by atoms with Crippen LogP contribution >= 0.6 is 0 Å². The minimum Gasteiger partial charge on any atom is -0.325 e. The molecular formula is C18H15F4N3O2. The van der Waals surface area contributed by atoms with Gasteiger partial charge in [0, 0.05) is 18.8 Å². The molecule has 27 heavy (non-hydrogen) atoms. The van der Waals surface area contributed by atoms with Gasteiger partial charge in [-0.25, -0.2) is 9.18 Å². The lowest BCUT2D eigenvalue weighted by Gasteiger charge is -2.19. The maximum atomic E-state index is 13.8. The van der Waals surface area contributed by atoms with Crippen LogP contribution in [0.15, 0.2) is 48.5 Å². The molecule has 0 unspecified atom stereocenters. The maximum Gasteiger partial charge on any atom is 0.416 e. The third-order valence-electron chi connectivity index (χ3n) is 4.05. The lowest BCUT2D eigenvalue weighted by atomic mass is 10.2. The third kappa shape index (κ3) is 4.18. The van der Waals surface area contributed by atoms with E-state index in [9.17, 15) is 27.2 Å². The fraction of sp³-hybridized carbons (Fsp3) is 0.222.